The van der Waals surface area contributed by atoms with Crippen LogP contribution in [0.15, 0.2) is 12.3 Å². The van der Waals surface area contributed by atoms with Crippen LogP contribution < -0.4 is 21.3 Å². The largest absolute Gasteiger partial charge is 0.377 e. The topological polar surface area (TPSA) is 154 Å². The SMILES string of the molecule is C=C(N[C@@H](CCCC)C(=O)C(=O)NC1CC1)[C@@H]1C[C@@H](C(C)C)CN1C(=O)[C@@H](NC(=O)NC1([C@@H]2CC(C)(C)CCS2(=O)=O)CCCCC1)C(C)(C)C. The average molecular weight is 734 g/mol. The predicted octanol–water partition coefficient (Wildman–Crippen LogP) is 5.39. The molecule has 0 aromatic carbocycles. The molecule has 12 heteroatoms. The summed E-state index contributed by atoms with van der Waals surface area (Å²) in [6.07, 6.45) is 9.41. The van der Waals surface area contributed by atoms with E-state index in [-0.39, 0.29) is 35.0 Å². The molecule has 0 bridgehead atoms. The van der Waals surface area contributed by atoms with Gasteiger partial charge in [0, 0.05) is 18.3 Å². The predicted molar refractivity (Wildman–Crippen MR) is 202 cm³/mol. The quantitative estimate of drug-likeness (QED) is 0.175. The van der Waals surface area contributed by atoms with Crippen LogP contribution in [0.1, 0.15) is 139 Å². The number of likely N-dealkylation sites (tertiary alicyclic amines) is 1. The van der Waals surface area contributed by atoms with E-state index in [2.05, 4.69) is 55.5 Å². The van der Waals surface area contributed by atoms with Crippen LogP contribution in [-0.4, -0.2) is 84.2 Å². The number of carbonyl (C=O) groups excluding carboxylic acids is 4. The second kappa shape index (κ2) is 16.2. The zero-order valence-corrected chi connectivity index (χ0v) is 33.5. The van der Waals surface area contributed by atoms with E-state index >= 15 is 0 Å². The maximum Gasteiger partial charge on any atom is 0.315 e. The standard InChI is InChI=1S/C39H67N5O6S/c1-10-11-15-29(32(45)34(46)41-28-16-17-28)40-26(4)30-22-27(25(2)3)24-44(30)35(47)33(37(5,6)7)42-36(48)43-39(18-13-12-14-19-39)31-23-38(8,9)20-21-51(31,49)50/h25,27-31,33,40H,4,10-24H2,1-3,5-9H3,(H,41,46)(H2,42,43,48)/t27-,29+,30+,31+,33-/m1/s1. The van der Waals surface area contributed by atoms with Crippen molar-refractivity contribution in [1.82, 2.24) is 26.2 Å². The Bertz CT molecular complexity index is 1410. The molecule has 0 aromatic heterocycles. The van der Waals surface area contributed by atoms with E-state index in [1.807, 2.05) is 27.7 Å². The molecule has 290 valence electrons. The van der Waals surface area contributed by atoms with Crippen molar-refractivity contribution in [1.29, 1.82) is 0 Å². The molecular weight excluding hydrogens is 667 g/mol. The fraction of sp³-hybridized carbons (Fsp3) is 0.846. The summed E-state index contributed by atoms with van der Waals surface area (Å²) in [5.41, 5.74) is -1.21. The smallest absolute Gasteiger partial charge is 0.315 e. The van der Waals surface area contributed by atoms with Crippen LogP contribution in [0.5, 0.6) is 0 Å². The van der Waals surface area contributed by atoms with Crippen molar-refractivity contribution in [3.05, 3.63) is 12.3 Å². The lowest BCUT2D eigenvalue weighted by molar-refractivity contribution is -0.139. The number of carbonyl (C=O) groups is 4. The summed E-state index contributed by atoms with van der Waals surface area (Å²) in [5.74, 6) is -0.793. The highest BCUT2D eigenvalue weighted by atomic mass is 32.2. The number of unbranched alkanes of at least 4 members (excludes halogenated alkanes) is 1. The first-order valence-electron chi connectivity index (χ1n) is 19.6. The molecule has 2 saturated carbocycles. The first-order chi connectivity index (χ1) is 23.7. The van der Waals surface area contributed by atoms with Crippen LogP contribution in [0.3, 0.4) is 0 Å². The van der Waals surface area contributed by atoms with Gasteiger partial charge < -0.3 is 26.2 Å². The van der Waals surface area contributed by atoms with Gasteiger partial charge in [0.25, 0.3) is 5.91 Å². The van der Waals surface area contributed by atoms with E-state index in [0.717, 1.165) is 44.9 Å². The summed E-state index contributed by atoms with van der Waals surface area (Å²) in [5, 5.41) is 11.6. The zero-order valence-electron chi connectivity index (χ0n) is 32.7. The monoisotopic (exact) mass is 733 g/mol. The Labute approximate surface area is 307 Å². The minimum Gasteiger partial charge on any atom is -0.377 e. The lowest BCUT2D eigenvalue weighted by atomic mass is 9.73. The minimum absolute atomic E-state index is 0.0668. The number of nitrogens with zero attached hydrogens (tertiary/aromatic N) is 1. The third kappa shape index (κ3) is 10.3. The van der Waals surface area contributed by atoms with Gasteiger partial charge in [0.05, 0.1) is 28.6 Å². The molecule has 11 nitrogen and oxygen atoms in total. The van der Waals surface area contributed by atoms with E-state index < -0.39 is 61.9 Å². The molecule has 0 unspecified atom stereocenters. The zero-order chi connectivity index (χ0) is 37.9. The van der Waals surface area contributed by atoms with Crippen LogP contribution in [0, 0.1) is 22.7 Å². The summed E-state index contributed by atoms with van der Waals surface area (Å²) in [4.78, 5) is 56.6. The Hall–Kier alpha value is -2.63. The third-order valence-corrected chi connectivity index (χ3v) is 14.2. The molecule has 0 radical (unpaired) electrons. The molecule has 0 spiro atoms. The summed E-state index contributed by atoms with van der Waals surface area (Å²) >= 11 is 0. The highest BCUT2D eigenvalue weighted by Crippen LogP contribution is 2.44. The van der Waals surface area contributed by atoms with Crippen molar-refractivity contribution in [2.75, 3.05) is 12.3 Å². The number of nitrogens with one attached hydrogen (secondary N) is 4. The molecule has 2 aliphatic carbocycles. The molecule has 51 heavy (non-hydrogen) atoms. The van der Waals surface area contributed by atoms with E-state index in [1.54, 1.807) is 4.90 Å². The minimum atomic E-state index is -3.43. The fourth-order valence-electron chi connectivity index (χ4n) is 8.31. The van der Waals surface area contributed by atoms with Gasteiger partial charge in [-0.25, -0.2) is 13.2 Å². The van der Waals surface area contributed by atoms with Crippen LogP contribution in [0.2, 0.25) is 0 Å². The van der Waals surface area contributed by atoms with Gasteiger partial charge in [-0.15, -0.1) is 0 Å². The van der Waals surface area contributed by atoms with Crippen molar-refractivity contribution >= 4 is 33.5 Å². The second-order valence-corrected chi connectivity index (χ2v) is 20.6. The molecule has 4 fully saturated rings. The number of ketones is 1. The van der Waals surface area contributed by atoms with Crippen molar-refractivity contribution in [2.45, 2.75) is 174 Å². The Morgan fingerprint density at radius 3 is 2.20 bits per heavy atom. The Morgan fingerprint density at radius 2 is 1.63 bits per heavy atom. The van der Waals surface area contributed by atoms with E-state index in [1.165, 1.54) is 0 Å². The van der Waals surface area contributed by atoms with E-state index in [4.69, 9.17) is 0 Å². The van der Waals surface area contributed by atoms with Gasteiger partial charge in [-0.05, 0) is 74.0 Å². The molecule has 0 aromatic rings. The van der Waals surface area contributed by atoms with Crippen LogP contribution in [-0.2, 0) is 24.2 Å². The van der Waals surface area contributed by atoms with E-state index in [0.29, 0.717) is 50.8 Å². The number of hydrogen-bond donors (Lipinski definition) is 4. The molecule has 2 saturated heterocycles. The average Bonchev–Trinajstić information content (AvgIpc) is 3.74. The van der Waals surface area contributed by atoms with Crippen molar-refractivity contribution in [3.8, 4) is 0 Å². The van der Waals surface area contributed by atoms with Gasteiger partial charge in [-0.2, -0.15) is 0 Å². The molecule has 2 heterocycles. The summed E-state index contributed by atoms with van der Waals surface area (Å²) in [6, 6.07) is -2.56. The Kier molecular flexibility index (Phi) is 13.0. The number of rotatable bonds is 14. The maximum absolute atomic E-state index is 14.7. The summed E-state index contributed by atoms with van der Waals surface area (Å²) in [6.45, 7) is 21.0. The van der Waals surface area contributed by atoms with E-state index in [9.17, 15) is 27.6 Å². The molecule has 2 aliphatic heterocycles. The Morgan fingerprint density at radius 1 is 0.980 bits per heavy atom. The van der Waals surface area contributed by atoms with Gasteiger partial charge in [0.2, 0.25) is 11.7 Å². The third-order valence-electron chi connectivity index (χ3n) is 12.0. The lowest BCUT2D eigenvalue weighted by Gasteiger charge is -2.48. The molecule has 4 rings (SSSR count). The summed E-state index contributed by atoms with van der Waals surface area (Å²) in [7, 11) is -3.43. The van der Waals surface area contributed by atoms with Gasteiger partial charge in [0.15, 0.2) is 9.84 Å². The normalized spacial score (nSPS) is 26.8. The van der Waals surface area contributed by atoms with Crippen molar-refractivity contribution in [3.63, 3.8) is 0 Å². The number of sulfone groups is 1. The number of amides is 4. The first kappa shape index (κ1) is 41.1. The number of hydrogen-bond acceptors (Lipinski definition) is 7. The summed E-state index contributed by atoms with van der Waals surface area (Å²) < 4.78 is 27.2. The molecule has 5 atom stereocenters. The van der Waals surface area contributed by atoms with Crippen LogP contribution in [0.25, 0.3) is 0 Å². The molecule has 4 aliphatic rings. The lowest BCUT2D eigenvalue weighted by Crippen LogP contribution is -2.66. The van der Waals surface area contributed by atoms with Gasteiger partial charge >= 0.3 is 6.03 Å². The van der Waals surface area contributed by atoms with Crippen LogP contribution in [0.4, 0.5) is 4.79 Å². The fourth-order valence-corrected chi connectivity index (χ4v) is 11.1. The van der Waals surface area contributed by atoms with Crippen molar-refractivity contribution in [2.24, 2.45) is 22.7 Å². The molecule has 4 amide bonds. The van der Waals surface area contributed by atoms with Gasteiger partial charge in [0.1, 0.15) is 6.04 Å². The Balaban J connectivity index is 1.56. The number of Topliss-reactive ketones (excluding diaryl/α,β-unsaturated/α-hetero) is 1. The van der Waals surface area contributed by atoms with Crippen molar-refractivity contribution < 1.29 is 27.6 Å². The molecule has 4 N–H and O–H groups in total. The highest BCUT2D eigenvalue weighted by Gasteiger charge is 2.52. The maximum atomic E-state index is 14.7. The second-order valence-electron chi connectivity index (χ2n) is 18.3. The van der Waals surface area contributed by atoms with Crippen LogP contribution >= 0.6 is 0 Å². The number of urea groups is 1. The highest BCUT2D eigenvalue weighted by molar-refractivity contribution is 7.92. The van der Waals surface area contributed by atoms with Gasteiger partial charge in [-0.3, -0.25) is 14.4 Å². The first-order valence-corrected chi connectivity index (χ1v) is 21.3. The molecular formula is C39H67N5O6S. The van der Waals surface area contributed by atoms with Gasteiger partial charge in [-0.1, -0.05) is 94.1 Å².